The predicted octanol–water partition coefficient (Wildman–Crippen LogP) is 0.435. The fraction of sp³-hybridized carbons (Fsp3) is 0.846. The van der Waals surface area contributed by atoms with Gasteiger partial charge in [-0.3, -0.25) is 9.59 Å². The van der Waals surface area contributed by atoms with Gasteiger partial charge in [0, 0.05) is 12.6 Å². The number of hydrogen-bond acceptors (Lipinski definition) is 3. The van der Waals surface area contributed by atoms with Crippen LogP contribution in [0.3, 0.4) is 0 Å². The predicted molar refractivity (Wildman–Crippen MR) is 64.9 cm³/mol. The molecule has 2 amide bonds. The van der Waals surface area contributed by atoms with Crippen LogP contribution in [0.15, 0.2) is 0 Å². The second-order valence-electron chi connectivity index (χ2n) is 5.49. The van der Waals surface area contributed by atoms with Gasteiger partial charge in [-0.25, -0.2) is 0 Å². The Balaban J connectivity index is 1.75. The second-order valence-corrected chi connectivity index (χ2v) is 5.49. The number of carbonyl (C=O) groups is 2. The van der Waals surface area contributed by atoms with Crippen LogP contribution in [0.25, 0.3) is 0 Å². The van der Waals surface area contributed by atoms with Crippen LogP contribution in [0.1, 0.15) is 38.5 Å². The van der Waals surface area contributed by atoms with Crippen LogP contribution >= 0.6 is 0 Å². The van der Waals surface area contributed by atoms with Crippen molar-refractivity contribution in [2.45, 2.75) is 56.7 Å². The summed E-state index contributed by atoms with van der Waals surface area (Å²) < 4.78 is 5.46. The molecule has 5 heteroatoms. The molecule has 3 rings (SSSR count). The van der Waals surface area contributed by atoms with Crippen LogP contribution in [-0.2, 0) is 14.3 Å². The van der Waals surface area contributed by atoms with Crippen LogP contribution < -0.4 is 5.32 Å². The van der Waals surface area contributed by atoms with Gasteiger partial charge in [-0.1, -0.05) is 12.8 Å². The van der Waals surface area contributed by atoms with Crippen LogP contribution in [0, 0.1) is 0 Å². The molecule has 5 nitrogen and oxygen atoms in total. The van der Waals surface area contributed by atoms with E-state index in [9.17, 15) is 9.59 Å². The smallest absolute Gasteiger partial charge is 0.252 e. The highest BCUT2D eigenvalue weighted by Crippen LogP contribution is 2.27. The number of piperazine rings is 1. The van der Waals surface area contributed by atoms with E-state index >= 15 is 0 Å². The topological polar surface area (TPSA) is 58.6 Å². The van der Waals surface area contributed by atoms with E-state index in [1.54, 1.807) is 4.90 Å². The fourth-order valence-electron chi connectivity index (χ4n) is 3.38. The molecule has 1 N–H and O–H groups in total. The molecular weight excluding hydrogens is 232 g/mol. The first kappa shape index (κ1) is 12.0. The lowest BCUT2D eigenvalue weighted by Crippen LogP contribution is -2.64. The van der Waals surface area contributed by atoms with Gasteiger partial charge in [0.25, 0.3) is 5.91 Å². The summed E-state index contributed by atoms with van der Waals surface area (Å²) >= 11 is 0. The highest BCUT2D eigenvalue weighted by atomic mass is 16.5. The zero-order valence-corrected chi connectivity index (χ0v) is 10.6. The first-order chi connectivity index (χ1) is 8.75. The molecule has 2 aliphatic heterocycles. The number of ether oxygens (including phenoxy) is 1. The number of nitrogens with zero attached hydrogens (tertiary/aromatic N) is 1. The van der Waals surface area contributed by atoms with Gasteiger partial charge in [0.15, 0.2) is 0 Å². The summed E-state index contributed by atoms with van der Waals surface area (Å²) in [7, 11) is 0. The third-order valence-electron chi connectivity index (χ3n) is 4.28. The standard InChI is InChI=1S/C13H20N2O3/c16-12-8-15(13(17)11-6-3-7-18-11)10-5-2-1-4-9(10)14-12/h9-11H,1-8H2,(H,14,16)/t9-,10+,11-/m0/s1. The van der Waals surface area contributed by atoms with Crippen LogP contribution in [0.2, 0.25) is 0 Å². The van der Waals surface area contributed by atoms with E-state index in [-0.39, 0.29) is 36.5 Å². The fourth-order valence-corrected chi connectivity index (χ4v) is 3.38. The molecule has 0 aromatic carbocycles. The van der Waals surface area contributed by atoms with Crippen LogP contribution in [0.5, 0.6) is 0 Å². The molecule has 0 aromatic rings. The third-order valence-corrected chi connectivity index (χ3v) is 4.28. The van der Waals surface area contributed by atoms with E-state index in [1.165, 1.54) is 0 Å². The van der Waals surface area contributed by atoms with Crippen molar-refractivity contribution in [1.82, 2.24) is 10.2 Å². The van der Waals surface area contributed by atoms with Gasteiger partial charge >= 0.3 is 0 Å². The van der Waals surface area contributed by atoms with E-state index in [1.807, 2.05) is 0 Å². The minimum Gasteiger partial charge on any atom is -0.368 e. The number of amides is 2. The largest absolute Gasteiger partial charge is 0.368 e. The van der Waals surface area contributed by atoms with Crippen molar-refractivity contribution in [3.63, 3.8) is 0 Å². The van der Waals surface area contributed by atoms with Gasteiger partial charge in [-0.05, 0) is 25.7 Å². The Morgan fingerprint density at radius 1 is 1.22 bits per heavy atom. The van der Waals surface area contributed by atoms with Gasteiger partial charge < -0.3 is 15.0 Å². The Morgan fingerprint density at radius 3 is 2.83 bits per heavy atom. The summed E-state index contributed by atoms with van der Waals surface area (Å²) in [4.78, 5) is 25.9. The maximum Gasteiger partial charge on any atom is 0.252 e. The van der Waals surface area contributed by atoms with Gasteiger partial charge in [0.2, 0.25) is 5.91 Å². The van der Waals surface area contributed by atoms with E-state index in [2.05, 4.69) is 5.32 Å². The quantitative estimate of drug-likeness (QED) is 0.736. The number of hydrogen-bond donors (Lipinski definition) is 1. The Morgan fingerprint density at radius 2 is 2.06 bits per heavy atom. The number of carbonyl (C=O) groups excluding carboxylic acids is 2. The lowest BCUT2D eigenvalue weighted by Gasteiger charge is -2.44. The Hall–Kier alpha value is -1.10. The molecular formula is C13H20N2O3. The normalized spacial score (nSPS) is 36.1. The lowest BCUT2D eigenvalue weighted by atomic mass is 9.87. The first-order valence-corrected chi connectivity index (χ1v) is 6.97. The molecule has 100 valence electrons. The summed E-state index contributed by atoms with van der Waals surface area (Å²) in [5.74, 6) is 0.00347. The number of fused-ring (bicyclic) bond motifs is 1. The van der Waals surface area contributed by atoms with Gasteiger partial charge in [0.05, 0.1) is 12.6 Å². The second kappa shape index (κ2) is 4.88. The molecule has 18 heavy (non-hydrogen) atoms. The van der Waals surface area contributed by atoms with Gasteiger partial charge in [-0.2, -0.15) is 0 Å². The summed E-state index contributed by atoms with van der Waals surface area (Å²) in [5.41, 5.74) is 0. The number of nitrogens with one attached hydrogen (secondary N) is 1. The van der Waals surface area contributed by atoms with E-state index in [0.29, 0.717) is 6.61 Å². The van der Waals surface area contributed by atoms with Crippen molar-refractivity contribution in [1.29, 1.82) is 0 Å². The summed E-state index contributed by atoms with van der Waals surface area (Å²) in [6.45, 7) is 0.879. The summed E-state index contributed by atoms with van der Waals surface area (Å²) in [6, 6.07) is 0.346. The zero-order valence-electron chi connectivity index (χ0n) is 10.6. The molecule has 0 radical (unpaired) electrons. The Bertz CT molecular complexity index is 352. The SMILES string of the molecule is O=C1CN(C(=O)[C@@H]2CCCO2)[C@@H]2CCCC[C@@H]2N1. The van der Waals surface area contributed by atoms with Crippen molar-refractivity contribution in [3.8, 4) is 0 Å². The molecule has 0 unspecified atom stereocenters. The monoisotopic (exact) mass is 252 g/mol. The Kier molecular flexibility index (Phi) is 3.24. The molecule has 0 aromatic heterocycles. The average molecular weight is 252 g/mol. The summed E-state index contributed by atoms with van der Waals surface area (Å²) in [5, 5.41) is 3.02. The maximum absolute atomic E-state index is 12.4. The van der Waals surface area contributed by atoms with E-state index in [0.717, 1.165) is 38.5 Å². The Labute approximate surface area is 107 Å². The van der Waals surface area contributed by atoms with Crippen molar-refractivity contribution >= 4 is 11.8 Å². The molecule has 3 atom stereocenters. The minimum atomic E-state index is -0.307. The third kappa shape index (κ3) is 2.11. The average Bonchev–Trinajstić information content (AvgIpc) is 2.90. The molecule has 2 saturated heterocycles. The molecule has 3 aliphatic rings. The highest BCUT2D eigenvalue weighted by molar-refractivity contribution is 5.88. The van der Waals surface area contributed by atoms with E-state index < -0.39 is 0 Å². The van der Waals surface area contributed by atoms with Crippen molar-refractivity contribution < 1.29 is 14.3 Å². The molecule has 0 bridgehead atoms. The maximum atomic E-state index is 12.4. The van der Waals surface area contributed by atoms with Crippen molar-refractivity contribution in [2.75, 3.05) is 13.2 Å². The lowest BCUT2D eigenvalue weighted by molar-refractivity contribution is -0.151. The van der Waals surface area contributed by atoms with Crippen LogP contribution in [0.4, 0.5) is 0 Å². The molecule has 0 spiro atoms. The van der Waals surface area contributed by atoms with Crippen molar-refractivity contribution in [3.05, 3.63) is 0 Å². The molecule has 2 heterocycles. The first-order valence-electron chi connectivity index (χ1n) is 6.97. The molecule has 1 aliphatic carbocycles. The molecule has 1 saturated carbocycles. The van der Waals surface area contributed by atoms with Gasteiger partial charge in [0.1, 0.15) is 6.10 Å². The minimum absolute atomic E-state index is 0.0236. The van der Waals surface area contributed by atoms with Crippen LogP contribution in [-0.4, -0.2) is 48.1 Å². The zero-order chi connectivity index (χ0) is 12.5. The van der Waals surface area contributed by atoms with Crippen molar-refractivity contribution in [2.24, 2.45) is 0 Å². The molecule has 3 fully saturated rings. The van der Waals surface area contributed by atoms with Gasteiger partial charge in [-0.15, -0.1) is 0 Å². The summed E-state index contributed by atoms with van der Waals surface area (Å²) in [6.07, 6.45) is 5.72. The van der Waals surface area contributed by atoms with E-state index in [4.69, 9.17) is 4.74 Å². The number of rotatable bonds is 1. The highest BCUT2D eigenvalue weighted by Gasteiger charge is 2.41.